The number of aromatic nitrogens is 1. The van der Waals surface area contributed by atoms with Gasteiger partial charge in [-0.1, -0.05) is 48.9 Å². The molecule has 6 nitrogen and oxygen atoms in total. The number of amides is 1. The molecule has 0 radical (unpaired) electrons. The highest BCUT2D eigenvalue weighted by Gasteiger charge is 2.11. The molecule has 3 rings (SSSR count). The van der Waals surface area contributed by atoms with Crippen LogP contribution in [0.3, 0.4) is 0 Å². The molecule has 1 heterocycles. The van der Waals surface area contributed by atoms with Crippen LogP contribution in [0.25, 0.3) is 0 Å². The number of esters is 1. The van der Waals surface area contributed by atoms with Gasteiger partial charge in [0.1, 0.15) is 24.1 Å². The van der Waals surface area contributed by atoms with Crippen LogP contribution in [0.5, 0.6) is 11.5 Å². The van der Waals surface area contributed by atoms with E-state index >= 15 is 0 Å². The zero-order valence-corrected chi connectivity index (χ0v) is 24.4. The predicted molar refractivity (Wildman–Crippen MR) is 141 cm³/mol. The lowest BCUT2D eigenvalue weighted by Crippen LogP contribution is -3.00. The van der Waals surface area contributed by atoms with Crippen molar-refractivity contribution >= 4 is 35.1 Å². The van der Waals surface area contributed by atoms with Crippen LogP contribution < -0.4 is 43.3 Å². The number of nitrogens with one attached hydrogen (secondary N) is 1. The molecule has 0 fully saturated rings. The van der Waals surface area contributed by atoms with Gasteiger partial charge in [-0.15, -0.1) is 0 Å². The van der Waals surface area contributed by atoms with Crippen LogP contribution in [-0.4, -0.2) is 25.0 Å². The van der Waals surface area contributed by atoms with Gasteiger partial charge >= 0.3 is 5.97 Å². The minimum Gasteiger partial charge on any atom is -1.00 e. The summed E-state index contributed by atoms with van der Waals surface area (Å²) in [5, 5.41) is 3.66. The molecular formula is C28H31Cl2IN2O4. The molecule has 0 aliphatic carbocycles. The number of aryl methyl sites for hydroxylation is 1. The van der Waals surface area contributed by atoms with Gasteiger partial charge in [-0.2, -0.15) is 0 Å². The number of hydrogen-bond donors (Lipinski definition) is 1. The van der Waals surface area contributed by atoms with Crippen LogP contribution in [0.15, 0.2) is 67.0 Å². The molecule has 2 aromatic carbocycles. The molecular weight excluding hydrogens is 626 g/mol. The molecule has 3 aromatic rings. The van der Waals surface area contributed by atoms with Crippen molar-refractivity contribution in [2.24, 2.45) is 7.05 Å². The maximum atomic E-state index is 12.2. The predicted octanol–water partition coefficient (Wildman–Crippen LogP) is 3.19. The molecule has 1 aromatic heterocycles. The Labute approximate surface area is 245 Å². The lowest BCUT2D eigenvalue weighted by Gasteiger charge is -2.08. The SMILES string of the molecule is C[n+]1cccc(C(=O)NCCCCCCCCOc2ccc(OC(=O)c3ccc(Cl)c(Cl)c3)cc2)c1.[I-]. The number of benzene rings is 2. The molecule has 0 bridgehead atoms. The van der Waals surface area contributed by atoms with Gasteiger partial charge < -0.3 is 38.8 Å². The Morgan fingerprint density at radius 1 is 0.838 bits per heavy atom. The Morgan fingerprint density at radius 3 is 2.22 bits per heavy atom. The molecule has 37 heavy (non-hydrogen) atoms. The monoisotopic (exact) mass is 656 g/mol. The second-order valence-electron chi connectivity index (χ2n) is 8.47. The lowest BCUT2D eigenvalue weighted by atomic mass is 10.1. The van der Waals surface area contributed by atoms with Crippen LogP contribution in [0.2, 0.25) is 10.0 Å². The summed E-state index contributed by atoms with van der Waals surface area (Å²) in [6, 6.07) is 15.2. The molecule has 0 spiro atoms. The van der Waals surface area contributed by atoms with Crippen molar-refractivity contribution < 1.29 is 47.6 Å². The highest BCUT2D eigenvalue weighted by molar-refractivity contribution is 6.42. The largest absolute Gasteiger partial charge is 1.00 e. The maximum Gasteiger partial charge on any atom is 0.343 e. The van der Waals surface area contributed by atoms with Crippen molar-refractivity contribution in [3.05, 3.63) is 88.2 Å². The molecule has 0 aliphatic heterocycles. The topological polar surface area (TPSA) is 68.5 Å². The van der Waals surface area contributed by atoms with Crippen LogP contribution in [-0.2, 0) is 7.05 Å². The van der Waals surface area contributed by atoms with Crippen molar-refractivity contribution in [2.45, 2.75) is 38.5 Å². The molecule has 0 saturated carbocycles. The third-order valence-corrected chi connectivity index (χ3v) is 6.26. The number of unbranched alkanes of at least 4 members (excludes halogenated alkanes) is 5. The molecule has 0 unspecified atom stereocenters. The number of rotatable bonds is 13. The molecule has 1 amide bonds. The number of nitrogens with zero attached hydrogens (tertiary/aromatic N) is 1. The van der Waals surface area contributed by atoms with Crippen molar-refractivity contribution in [3.8, 4) is 11.5 Å². The van der Waals surface area contributed by atoms with E-state index in [0.717, 1.165) is 44.3 Å². The Hall–Kier alpha value is -2.36. The van der Waals surface area contributed by atoms with Gasteiger partial charge in [-0.3, -0.25) is 4.79 Å². The minimum absolute atomic E-state index is 0. The Morgan fingerprint density at radius 2 is 1.51 bits per heavy atom. The summed E-state index contributed by atoms with van der Waals surface area (Å²) in [7, 11) is 1.90. The average Bonchev–Trinajstić information content (AvgIpc) is 2.87. The van der Waals surface area contributed by atoms with E-state index in [0.29, 0.717) is 40.1 Å². The van der Waals surface area contributed by atoms with Gasteiger partial charge in [-0.25, -0.2) is 9.36 Å². The van der Waals surface area contributed by atoms with Gasteiger partial charge in [0.05, 0.1) is 22.2 Å². The quantitative estimate of drug-likeness (QED) is 0.101. The van der Waals surface area contributed by atoms with Gasteiger partial charge in [-0.05, 0) is 61.4 Å². The van der Waals surface area contributed by atoms with Crippen LogP contribution >= 0.6 is 23.2 Å². The molecule has 198 valence electrons. The van der Waals surface area contributed by atoms with Crippen molar-refractivity contribution in [2.75, 3.05) is 13.2 Å². The fourth-order valence-corrected chi connectivity index (χ4v) is 3.84. The Kier molecular flexibility index (Phi) is 13.7. The van der Waals surface area contributed by atoms with Gasteiger partial charge in [0, 0.05) is 12.6 Å². The first kappa shape index (κ1) is 30.9. The first-order chi connectivity index (χ1) is 17.4. The second-order valence-corrected chi connectivity index (χ2v) is 9.29. The summed E-state index contributed by atoms with van der Waals surface area (Å²) < 4.78 is 13.0. The smallest absolute Gasteiger partial charge is 0.343 e. The van der Waals surface area contributed by atoms with Crippen molar-refractivity contribution in [1.29, 1.82) is 0 Å². The van der Waals surface area contributed by atoms with Crippen molar-refractivity contribution in [1.82, 2.24) is 5.32 Å². The molecule has 0 atom stereocenters. The third-order valence-electron chi connectivity index (χ3n) is 5.52. The minimum atomic E-state index is -0.505. The van der Waals surface area contributed by atoms with Crippen molar-refractivity contribution in [3.63, 3.8) is 0 Å². The standard InChI is InChI=1S/C28H30Cl2N2O4.HI/c1-32-17-8-9-22(20-32)27(33)31-16-6-4-2-3-5-7-18-35-23-11-13-24(14-12-23)36-28(34)21-10-15-25(29)26(30)19-21;/h8-15,17,19-20H,2-7,16,18H2,1H3;1H. The molecule has 1 N–H and O–H groups in total. The van der Waals surface area contributed by atoms with Crippen LogP contribution in [0, 0.1) is 0 Å². The lowest BCUT2D eigenvalue weighted by molar-refractivity contribution is -0.671. The van der Waals surface area contributed by atoms with E-state index in [4.69, 9.17) is 32.7 Å². The van der Waals surface area contributed by atoms with E-state index in [1.807, 2.05) is 36.1 Å². The Balaban J connectivity index is 0.00000481. The summed E-state index contributed by atoms with van der Waals surface area (Å²) in [6.45, 7) is 1.33. The summed E-state index contributed by atoms with van der Waals surface area (Å²) in [6.07, 6.45) is 10.1. The maximum absolute atomic E-state index is 12.2. The highest BCUT2D eigenvalue weighted by atomic mass is 127. The van der Waals surface area contributed by atoms with Gasteiger partial charge in [0.15, 0.2) is 12.4 Å². The van der Waals surface area contributed by atoms with Crippen LogP contribution in [0.1, 0.15) is 59.2 Å². The fourth-order valence-electron chi connectivity index (χ4n) is 3.54. The summed E-state index contributed by atoms with van der Waals surface area (Å²) in [5.41, 5.74) is 1.01. The third kappa shape index (κ3) is 10.9. The fraction of sp³-hybridized carbons (Fsp3) is 0.321. The van der Waals surface area contributed by atoms with E-state index in [9.17, 15) is 9.59 Å². The number of carbonyl (C=O) groups excluding carboxylic acids is 2. The highest BCUT2D eigenvalue weighted by Crippen LogP contribution is 2.24. The van der Waals surface area contributed by atoms with Crippen LogP contribution in [0.4, 0.5) is 0 Å². The van der Waals surface area contributed by atoms with E-state index in [-0.39, 0.29) is 29.9 Å². The number of hydrogen-bond acceptors (Lipinski definition) is 4. The van der Waals surface area contributed by atoms with E-state index in [1.165, 1.54) is 6.07 Å². The first-order valence-electron chi connectivity index (χ1n) is 12.1. The van der Waals surface area contributed by atoms with E-state index in [1.54, 1.807) is 36.4 Å². The number of halogens is 3. The second kappa shape index (κ2) is 16.5. The Bertz CT molecular complexity index is 1160. The zero-order chi connectivity index (χ0) is 25.8. The molecule has 9 heteroatoms. The number of ether oxygens (including phenoxy) is 2. The first-order valence-corrected chi connectivity index (χ1v) is 12.8. The summed E-state index contributed by atoms with van der Waals surface area (Å²) in [5.74, 6) is 0.621. The molecule has 0 saturated heterocycles. The van der Waals surface area contributed by atoms with Gasteiger partial charge in [0.2, 0.25) is 0 Å². The molecule has 0 aliphatic rings. The number of pyridine rings is 1. The summed E-state index contributed by atoms with van der Waals surface area (Å²) in [4.78, 5) is 24.3. The normalized spacial score (nSPS) is 10.4. The van der Waals surface area contributed by atoms with E-state index in [2.05, 4.69) is 5.32 Å². The zero-order valence-electron chi connectivity index (χ0n) is 20.7. The number of carbonyl (C=O) groups is 2. The average molecular weight is 657 g/mol. The summed E-state index contributed by atoms with van der Waals surface area (Å²) >= 11 is 11.8. The van der Waals surface area contributed by atoms with Gasteiger partial charge in [0.25, 0.3) is 5.91 Å². The van der Waals surface area contributed by atoms with E-state index < -0.39 is 5.97 Å².